The maximum atomic E-state index is 5.79. The molecule has 51 heavy (non-hydrogen) atoms. The number of methoxy groups -OCH3 is 2. The molecule has 4 aromatic carbocycles. The minimum atomic E-state index is -0.663. The lowest BCUT2D eigenvalue weighted by Gasteiger charge is -2.41. The van der Waals surface area contributed by atoms with Crippen LogP contribution in [-0.4, -0.2) is 40.2 Å². The number of allylic oxidation sites excluding steroid dienone is 4. The summed E-state index contributed by atoms with van der Waals surface area (Å²) in [5.41, 5.74) is 7.23. The number of hydrogen-bond donors (Lipinski definition) is 0. The maximum Gasteiger partial charge on any atom is 0.161 e. The zero-order valence-corrected chi connectivity index (χ0v) is 30.2. The van der Waals surface area contributed by atoms with Crippen LogP contribution in [0.3, 0.4) is 0 Å². The topological polar surface area (TPSA) is 62.1 Å². The number of benzene rings is 4. The van der Waals surface area contributed by atoms with Gasteiger partial charge in [-0.25, -0.2) is 9.97 Å². The molecule has 6 nitrogen and oxygen atoms in total. The molecule has 8 rings (SSSR count). The molecule has 0 radical (unpaired) electrons. The average Bonchev–Trinajstić information content (AvgIpc) is 3.87. The van der Waals surface area contributed by atoms with Gasteiger partial charge >= 0.3 is 0 Å². The summed E-state index contributed by atoms with van der Waals surface area (Å²) in [6.07, 6.45) is 15.7. The van der Waals surface area contributed by atoms with Gasteiger partial charge in [-0.05, 0) is 71.8 Å². The van der Waals surface area contributed by atoms with Gasteiger partial charge in [0.2, 0.25) is 0 Å². The minimum absolute atomic E-state index is 0.0827. The van der Waals surface area contributed by atoms with Crippen LogP contribution in [0.5, 0.6) is 11.5 Å². The highest BCUT2D eigenvalue weighted by Crippen LogP contribution is 2.47. The van der Waals surface area contributed by atoms with E-state index in [0.717, 1.165) is 61.4 Å². The molecule has 0 N–H and O–H groups in total. The normalized spacial score (nSPS) is 14.2. The SMILES string of the molecule is COc1ccc(-c2nn(C(c3ccccc3)(c3ccccc3)C3C=CC=CC3)cc2-c2ccc3ncnc(-c4ccc(SC)s4)c3c2)cc1OC. The van der Waals surface area contributed by atoms with Crippen molar-refractivity contribution in [3.63, 3.8) is 0 Å². The minimum Gasteiger partial charge on any atom is -0.493 e. The first-order valence-electron chi connectivity index (χ1n) is 16.8. The molecule has 1 aliphatic rings. The van der Waals surface area contributed by atoms with Crippen LogP contribution in [0, 0.1) is 5.92 Å². The second-order valence-corrected chi connectivity index (χ2v) is 14.5. The lowest BCUT2D eigenvalue weighted by molar-refractivity contribution is 0.293. The van der Waals surface area contributed by atoms with E-state index in [1.807, 2.05) is 12.1 Å². The van der Waals surface area contributed by atoms with Gasteiger partial charge in [0.05, 0.1) is 34.5 Å². The standard InChI is InChI=1S/C43H36N4O2S2/c1-48-37-22-20-30(26-38(37)49-2)41-35(29-19-21-36-34(25-29)42(45-28-44-36)39-23-24-40(50-3)51-39)27-47(46-41)43(31-13-7-4-8-14-31,32-15-9-5-10-16-32)33-17-11-6-12-18-33/h4-17,19-28,33H,18H2,1-3H3. The number of fused-ring (bicyclic) bond motifs is 1. The zero-order valence-electron chi connectivity index (χ0n) is 28.6. The molecule has 0 saturated heterocycles. The molecule has 0 fully saturated rings. The van der Waals surface area contributed by atoms with Gasteiger partial charge in [0.25, 0.3) is 0 Å². The largest absolute Gasteiger partial charge is 0.493 e. The second kappa shape index (κ2) is 14.1. The van der Waals surface area contributed by atoms with Crippen molar-refractivity contribution in [2.75, 3.05) is 20.5 Å². The average molecular weight is 705 g/mol. The highest BCUT2D eigenvalue weighted by atomic mass is 32.2. The van der Waals surface area contributed by atoms with Crippen molar-refractivity contribution in [2.45, 2.75) is 16.2 Å². The molecule has 0 bridgehead atoms. The van der Waals surface area contributed by atoms with Crippen LogP contribution in [0.2, 0.25) is 0 Å². The van der Waals surface area contributed by atoms with E-state index < -0.39 is 5.54 Å². The van der Waals surface area contributed by atoms with Crippen molar-refractivity contribution < 1.29 is 9.47 Å². The Hall–Kier alpha value is -5.44. The number of aromatic nitrogens is 4. The predicted octanol–water partition coefficient (Wildman–Crippen LogP) is 10.6. The molecule has 0 spiro atoms. The van der Waals surface area contributed by atoms with Gasteiger partial charge in [-0.1, -0.05) is 91.0 Å². The third kappa shape index (κ3) is 5.84. The smallest absolute Gasteiger partial charge is 0.161 e. The van der Waals surface area contributed by atoms with Gasteiger partial charge < -0.3 is 9.47 Å². The molecule has 252 valence electrons. The van der Waals surface area contributed by atoms with E-state index in [-0.39, 0.29) is 5.92 Å². The Morgan fingerprint density at radius 3 is 2.18 bits per heavy atom. The molecule has 0 saturated carbocycles. The summed E-state index contributed by atoms with van der Waals surface area (Å²) in [6, 6.07) is 38.3. The summed E-state index contributed by atoms with van der Waals surface area (Å²) in [5, 5.41) is 6.59. The van der Waals surface area contributed by atoms with E-state index in [9.17, 15) is 0 Å². The van der Waals surface area contributed by atoms with E-state index in [0.29, 0.717) is 11.5 Å². The van der Waals surface area contributed by atoms with Crippen LogP contribution in [0.1, 0.15) is 17.5 Å². The lowest BCUT2D eigenvalue weighted by atomic mass is 9.70. The van der Waals surface area contributed by atoms with Gasteiger partial charge in [-0.3, -0.25) is 4.68 Å². The first-order valence-corrected chi connectivity index (χ1v) is 18.8. The van der Waals surface area contributed by atoms with E-state index in [1.54, 1.807) is 43.6 Å². The number of thiophene rings is 1. The summed E-state index contributed by atoms with van der Waals surface area (Å²) in [5.74, 6) is 1.39. The molecule has 1 aliphatic carbocycles. The molecule has 0 amide bonds. The molecule has 0 aliphatic heterocycles. The molecule has 1 atom stereocenters. The van der Waals surface area contributed by atoms with Crippen LogP contribution in [0.4, 0.5) is 0 Å². The van der Waals surface area contributed by atoms with Crippen LogP contribution < -0.4 is 9.47 Å². The summed E-state index contributed by atoms with van der Waals surface area (Å²) in [6.45, 7) is 0. The Bertz CT molecular complexity index is 2340. The number of rotatable bonds is 10. The van der Waals surface area contributed by atoms with Crippen LogP contribution in [0.25, 0.3) is 43.9 Å². The fourth-order valence-electron chi connectivity index (χ4n) is 7.24. The van der Waals surface area contributed by atoms with Crippen molar-refractivity contribution in [3.8, 4) is 44.5 Å². The Labute approximate surface area is 306 Å². The van der Waals surface area contributed by atoms with Gasteiger partial charge in [0.15, 0.2) is 11.5 Å². The second-order valence-electron chi connectivity index (χ2n) is 12.3. The van der Waals surface area contributed by atoms with Crippen molar-refractivity contribution >= 4 is 34.0 Å². The van der Waals surface area contributed by atoms with Crippen molar-refractivity contribution in [1.29, 1.82) is 0 Å². The summed E-state index contributed by atoms with van der Waals surface area (Å²) in [7, 11) is 3.32. The highest BCUT2D eigenvalue weighted by Gasteiger charge is 2.44. The van der Waals surface area contributed by atoms with Crippen molar-refractivity contribution in [1.82, 2.24) is 19.7 Å². The number of thioether (sulfide) groups is 1. The maximum absolute atomic E-state index is 5.79. The molecule has 8 heteroatoms. The molecule has 3 aromatic heterocycles. The van der Waals surface area contributed by atoms with Gasteiger partial charge in [0.1, 0.15) is 17.6 Å². The van der Waals surface area contributed by atoms with E-state index in [2.05, 4.69) is 143 Å². The Morgan fingerprint density at radius 1 is 0.765 bits per heavy atom. The van der Waals surface area contributed by atoms with Crippen molar-refractivity contribution in [3.05, 3.63) is 157 Å². The number of ether oxygens (including phenoxy) is 2. The lowest BCUT2D eigenvalue weighted by Crippen LogP contribution is -2.43. The zero-order chi connectivity index (χ0) is 34.8. The van der Waals surface area contributed by atoms with E-state index in [1.165, 1.54) is 4.21 Å². The quantitative estimate of drug-likeness (QED) is 0.132. The predicted molar refractivity (Wildman–Crippen MR) is 210 cm³/mol. The number of nitrogens with zero attached hydrogens (tertiary/aromatic N) is 4. The van der Waals surface area contributed by atoms with E-state index in [4.69, 9.17) is 19.6 Å². The van der Waals surface area contributed by atoms with E-state index >= 15 is 0 Å². The third-order valence-electron chi connectivity index (χ3n) is 9.64. The van der Waals surface area contributed by atoms with Crippen molar-refractivity contribution in [2.24, 2.45) is 5.92 Å². The molecule has 7 aromatic rings. The Morgan fingerprint density at radius 2 is 1.51 bits per heavy atom. The third-order valence-corrected chi connectivity index (χ3v) is 11.8. The number of hydrogen-bond acceptors (Lipinski definition) is 7. The molecular weight excluding hydrogens is 669 g/mol. The summed E-state index contributed by atoms with van der Waals surface area (Å²) < 4.78 is 14.9. The Balaban J connectivity index is 1.42. The van der Waals surface area contributed by atoms with Crippen LogP contribution >= 0.6 is 23.1 Å². The molecule has 1 unspecified atom stereocenters. The van der Waals surface area contributed by atoms with Gasteiger partial charge in [-0.15, -0.1) is 23.1 Å². The highest BCUT2D eigenvalue weighted by molar-refractivity contribution is 8.00. The van der Waals surface area contributed by atoms with Gasteiger partial charge in [-0.2, -0.15) is 5.10 Å². The van der Waals surface area contributed by atoms with Gasteiger partial charge in [0, 0.05) is 28.6 Å². The van der Waals surface area contributed by atoms with Crippen LogP contribution in [0.15, 0.2) is 150 Å². The Kier molecular flexibility index (Phi) is 9.02. The summed E-state index contributed by atoms with van der Waals surface area (Å²) in [4.78, 5) is 10.6. The molecule has 3 heterocycles. The summed E-state index contributed by atoms with van der Waals surface area (Å²) >= 11 is 3.49. The van der Waals surface area contributed by atoms with Crippen LogP contribution in [-0.2, 0) is 5.54 Å². The fourth-order valence-corrected chi connectivity index (χ4v) is 8.80. The molecular formula is C43H36N4O2S2. The first-order chi connectivity index (χ1) is 25.1. The fraction of sp³-hybridized carbons (Fsp3) is 0.140. The first kappa shape index (κ1) is 32.7. The monoisotopic (exact) mass is 704 g/mol.